The van der Waals surface area contributed by atoms with Crippen LogP contribution in [-0.2, 0) is 28.3 Å². The fourth-order valence-electron chi connectivity index (χ4n) is 3.11. The Morgan fingerprint density at radius 3 is 2.79 bits per heavy atom. The van der Waals surface area contributed by atoms with Gasteiger partial charge in [-0.25, -0.2) is 9.97 Å². The largest absolute Gasteiger partial charge is 0.549 e. The number of aliphatic carboxylic acids is 1. The summed E-state index contributed by atoms with van der Waals surface area (Å²) in [5.74, 6) is -0.458. The lowest BCUT2D eigenvalue weighted by Gasteiger charge is -2.30. The fraction of sp³-hybridized carbons (Fsp3) is 0.350. The third-order valence-electron chi connectivity index (χ3n) is 4.41. The number of thioether (sulfide) groups is 2. The van der Waals surface area contributed by atoms with Crippen molar-refractivity contribution in [2.24, 2.45) is 0 Å². The fourth-order valence-corrected chi connectivity index (χ4v) is 5.96. The van der Waals surface area contributed by atoms with E-state index in [0.29, 0.717) is 11.8 Å². The van der Waals surface area contributed by atoms with Crippen molar-refractivity contribution in [1.82, 2.24) is 9.97 Å². The zero-order chi connectivity index (χ0) is 19.7. The molecule has 1 aliphatic rings. The van der Waals surface area contributed by atoms with Crippen molar-refractivity contribution in [3.63, 3.8) is 0 Å². The standard InChI is InChI=1S/C20H20N2O3S3/c1-20(2)8-13-14(9-25-20)28-18-16(13)17(26-11-15(23)24)21-19(22-18)27-10-12-6-4-3-5-7-12/h3-7H,8-11H2,1-2H3,(H,23,24)/p-1. The van der Waals surface area contributed by atoms with Gasteiger partial charge in [0, 0.05) is 28.2 Å². The van der Waals surface area contributed by atoms with Crippen molar-refractivity contribution >= 4 is 51.0 Å². The highest BCUT2D eigenvalue weighted by molar-refractivity contribution is 8.00. The van der Waals surface area contributed by atoms with Crippen molar-refractivity contribution in [2.75, 3.05) is 5.75 Å². The molecule has 0 bridgehead atoms. The van der Waals surface area contributed by atoms with Gasteiger partial charge < -0.3 is 14.6 Å². The number of nitrogens with zero attached hydrogens (tertiary/aromatic N) is 2. The maximum Gasteiger partial charge on any atom is 0.190 e. The molecule has 5 nitrogen and oxygen atoms in total. The summed E-state index contributed by atoms with van der Waals surface area (Å²) in [6, 6.07) is 10.2. The van der Waals surface area contributed by atoms with Gasteiger partial charge in [0.15, 0.2) is 5.16 Å². The number of hydrogen-bond donors (Lipinski definition) is 0. The molecule has 0 fully saturated rings. The minimum Gasteiger partial charge on any atom is -0.549 e. The third kappa shape index (κ3) is 4.35. The Bertz CT molecular complexity index is 1020. The SMILES string of the molecule is CC1(C)Cc2c(sc3nc(SCc4ccccc4)nc(SCC(=O)[O-])c23)CO1. The molecule has 0 atom stereocenters. The average Bonchev–Trinajstić information content (AvgIpc) is 3.02. The average molecular weight is 432 g/mol. The number of rotatable bonds is 6. The van der Waals surface area contributed by atoms with E-state index in [1.807, 2.05) is 18.2 Å². The van der Waals surface area contributed by atoms with Crippen LogP contribution in [0.2, 0.25) is 0 Å². The lowest BCUT2D eigenvalue weighted by atomic mass is 9.95. The van der Waals surface area contributed by atoms with Crippen molar-refractivity contribution in [1.29, 1.82) is 0 Å². The van der Waals surface area contributed by atoms with Crippen molar-refractivity contribution < 1.29 is 14.6 Å². The summed E-state index contributed by atoms with van der Waals surface area (Å²) < 4.78 is 5.94. The highest BCUT2D eigenvalue weighted by atomic mass is 32.2. The maximum atomic E-state index is 11.0. The van der Waals surface area contributed by atoms with Crippen molar-refractivity contribution in [3.05, 3.63) is 46.3 Å². The van der Waals surface area contributed by atoms with E-state index in [1.54, 1.807) is 23.1 Å². The number of carboxylic acid groups (broad SMARTS) is 1. The minimum atomic E-state index is -1.09. The van der Waals surface area contributed by atoms with Crippen LogP contribution in [0.1, 0.15) is 29.9 Å². The van der Waals surface area contributed by atoms with Gasteiger partial charge in [-0.3, -0.25) is 0 Å². The van der Waals surface area contributed by atoms with E-state index >= 15 is 0 Å². The Kier molecular flexibility index (Phi) is 5.64. The molecule has 0 N–H and O–H groups in total. The molecule has 0 saturated heterocycles. The van der Waals surface area contributed by atoms with Crippen LogP contribution in [0.3, 0.4) is 0 Å². The Morgan fingerprint density at radius 2 is 2.04 bits per heavy atom. The molecule has 3 aromatic rings. The molecule has 0 spiro atoms. The maximum absolute atomic E-state index is 11.0. The quantitative estimate of drug-likeness (QED) is 0.335. The number of carboxylic acids is 1. The van der Waals surface area contributed by atoms with Gasteiger partial charge in [-0.1, -0.05) is 53.9 Å². The second-order valence-electron chi connectivity index (χ2n) is 7.16. The summed E-state index contributed by atoms with van der Waals surface area (Å²) in [4.78, 5) is 22.6. The number of carbonyl (C=O) groups excluding carboxylic acids is 1. The molecular formula is C20H19N2O3S3-. The smallest absolute Gasteiger partial charge is 0.190 e. The summed E-state index contributed by atoms with van der Waals surface area (Å²) in [5.41, 5.74) is 2.13. The van der Waals surface area contributed by atoms with Crippen LogP contribution in [-0.4, -0.2) is 27.3 Å². The summed E-state index contributed by atoms with van der Waals surface area (Å²) >= 11 is 4.39. The number of ether oxygens (including phenoxy) is 1. The van der Waals surface area contributed by atoms with Crippen LogP contribution in [0.5, 0.6) is 0 Å². The number of fused-ring (bicyclic) bond motifs is 3. The van der Waals surface area contributed by atoms with Crippen molar-refractivity contribution in [2.45, 2.75) is 48.4 Å². The first-order valence-electron chi connectivity index (χ1n) is 8.87. The van der Waals surface area contributed by atoms with E-state index in [-0.39, 0.29) is 11.4 Å². The Balaban J connectivity index is 1.71. The Hall–Kier alpha value is -1.61. The summed E-state index contributed by atoms with van der Waals surface area (Å²) in [6.07, 6.45) is 0.765. The van der Waals surface area contributed by atoms with E-state index in [9.17, 15) is 9.90 Å². The molecule has 1 aliphatic heterocycles. The molecule has 146 valence electrons. The molecule has 4 rings (SSSR count). The van der Waals surface area contributed by atoms with Crippen LogP contribution < -0.4 is 5.11 Å². The van der Waals surface area contributed by atoms with E-state index in [4.69, 9.17) is 14.7 Å². The summed E-state index contributed by atoms with van der Waals surface area (Å²) in [6.45, 7) is 4.69. The van der Waals surface area contributed by atoms with Crippen molar-refractivity contribution in [3.8, 4) is 0 Å². The Morgan fingerprint density at radius 1 is 1.25 bits per heavy atom. The molecule has 0 saturated carbocycles. The van der Waals surface area contributed by atoms with Crippen LogP contribution in [0.15, 0.2) is 40.5 Å². The van der Waals surface area contributed by atoms with Gasteiger partial charge in [0.25, 0.3) is 0 Å². The highest BCUT2D eigenvalue weighted by Gasteiger charge is 2.31. The van der Waals surface area contributed by atoms with E-state index in [2.05, 4.69) is 26.0 Å². The van der Waals surface area contributed by atoms with Crippen LogP contribution >= 0.6 is 34.9 Å². The van der Waals surface area contributed by atoms with Gasteiger partial charge in [0.2, 0.25) is 0 Å². The molecule has 0 aliphatic carbocycles. The highest BCUT2D eigenvalue weighted by Crippen LogP contribution is 2.42. The van der Waals surface area contributed by atoms with E-state index in [1.165, 1.54) is 22.9 Å². The molecular weight excluding hydrogens is 412 g/mol. The number of benzene rings is 1. The molecule has 3 heterocycles. The predicted octanol–water partition coefficient (Wildman–Crippen LogP) is 3.68. The summed E-state index contributed by atoms with van der Waals surface area (Å²) in [5, 5.41) is 13.4. The van der Waals surface area contributed by atoms with Crippen LogP contribution in [0.4, 0.5) is 0 Å². The molecule has 28 heavy (non-hydrogen) atoms. The molecule has 0 radical (unpaired) electrons. The number of thiophene rings is 1. The number of carbonyl (C=O) groups is 1. The Labute approximate surface area is 175 Å². The zero-order valence-electron chi connectivity index (χ0n) is 15.6. The van der Waals surface area contributed by atoms with Gasteiger partial charge in [-0.15, -0.1) is 11.3 Å². The van der Waals surface area contributed by atoms with E-state index in [0.717, 1.165) is 32.3 Å². The topological polar surface area (TPSA) is 75.1 Å². The van der Waals surface area contributed by atoms with Gasteiger partial charge in [0.1, 0.15) is 9.86 Å². The molecule has 8 heteroatoms. The molecule has 2 aromatic heterocycles. The van der Waals surface area contributed by atoms with Gasteiger partial charge in [-0.2, -0.15) is 0 Å². The van der Waals surface area contributed by atoms with Gasteiger partial charge in [0.05, 0.1) is 18.2 Å². The first kappa shape index (κ1) is 19.7. The normalized spacial score (nSPS) is 15.5. The third-order valence-corrected chi connectivity index (χ3v) is 7.38. The van der Waals surface area contributed by atoms with E-state index < -0.39 is 5.97 Å². The second-order valence-corrected chi connectivity index (χ2v) is 10.1. The van der Waals surface area contributed by atoms with Gasteiger partial charge in [-0.05, 0) is 25.0 Å². The summed E-state index contributed by atoms with van der Waals surface area (Å²) in [7, 11) is 0. The molecule has 0 unspecified atom stereocenters. The number of hydrogen-bond acceptors (Lipinski definition) is 8. The first-order valence-corrected chi connectivity index (χ1v) is 11.7. The lowest BCUT2D eigenvalue weighted by Crippen LogP contribution is -2.31. The predicted molar refractivity (Wildman–Crippen MR) is 112 cm³/mol. The van der Waals surface area contributed by atoms with Gasteiger partial charge >= 0.3 is 0 Å². The monoisotopic (exact) mass is 431 g/mol. The lowest BCUT2D eigenvalue weighted by molar-refractivity contribution is -0.301. The minimum absolute atomic E-state index is 0.126. The van der Waals surface area contributed by atoms with Crippen LogP contribution in [0, 0.1) is 0 Å². The zero-order valence-corrected chi connectivity index (χ0v) is 18.0. The van der Waals surface area contributed by atoms with Crippen LogP contribution in [0.25, 0.3) is 10.2 Å². The molecule has 0 amide bonds. The molecule has 1 aromatic carbocycles. The first-order chi connectivity index (χ1) is 13.4. The second kappa shape index (κ2) is 8.02. The number of aromatic nitrogens is 2.